The number of rotatable bonds is 4. The highest BCUT2D eigenvalue weighted by Gasteiger charge is 2.33. The number of piperazine rings is 1. The molecule has 1 aromatic heterocycles. The van der Waals surface area contributed by atoms with E-state index < -0.39 is 4.92 Å². The summed E-state index contributed by atoms with van der Waals surface area (Å²) >= 11 is 6.75. The van der Waals surface area contributed by atoms with Gasteiger partial charge in [-0.05, 0) is 43.2 Å². The van der Waals surface area contributed by atoms with Gasteiger partial charge in [0.1, 0.15) is 0 Å². The molecule has 2 aliphatic rings. The van der Waals surface area contributed by atoms with Gasteiger partial charge in [-0.1, -0.05) is 22.9 Å². The molecular formula is C22H23ClN4O5S. The van der Waals surface area contributed by atoms with E-state index in [2.05, 4.69) is 0 Å². The van der Waals surface area contributed by atoms with Gasteiger partial charge in [-0.3, -0.25) is 24.5 Å². The van der Waals surface area contributed by atoms with Crippen LogP contribution in [0.3, 0.4) is 0 Å². The van der Waals surface area contributed by atoms with Gasteiger partial charge < -0.3 is 14.7 Å². The molecule has 3 heterocycles. The van der Waals surface area contributed by atoms with Gasteiger partial charge in [0.05, 0.1) is 9.80 Å². The smallest absolute Gasteiger partial charge is 0.324 e. The Balaban J connectivity index is 1.26. The lowest BCUT2D eigenvalue weighted by molar-refractivity contribution is -0.380. The molecule has 0 saturated carbocycles. The molecule has 9 nitrogen and oxygen atoms in total. The van der Waals surface area contributed by atoms with Crippen molar-refractivity contribution in [2.24, 2.45) is 5.92 Å². The van der Waals surface area contributed by atoms with Crippen LogP contribution in [0, 0.1) is 16.0 Å². The number of likely N-dealkylation sites (tertiary alicyclic amines) is 1. The third kappa shape index (κ3) is 5.17. The molecule has 0 atom stereocenters. The minimum Gasteiger partial charge on any atom is -0.339 e. The Labute approximate surface area is 199 Å². The second-order valence-electron chi connectivity index (χ2n) is 8.09. The van der Waals surface area contributed by atoms with Crippen LogP contribution in [-0.2, 0) is 4.79 Å². The molecule has 0 bridgehead atoms. The number of carbonyl (C=O) groups is 3. The second-order valence-corrected chi connectivity index (χ2v) is 9.58. The Morgan fingerprint density at radius 2 is 1.42 bits per heavy atom. The molecule has 0 aliphatic carbocycles. The zero-order valence-electron chi connectivity index (χ0n) is 17.8. The van der Waals surface area contributed by atoms with E-state index in [0.717, 1.165) is 11.3 Å². The fourth-order valence-electron chi connectivity index (χ4n) is 4.19. The summed E-state index contributed by atoms with van der Waals surface area (Å²) in [6.07, 6.45) is 1.21. The Morgan fingerprint density at radius 3 is 2.00 bits per heavy atom. The molecule has 1 aromatic carbocycles. The van der Waals surface area contributed by atoms with Crippen molar-refractivity contribution in [2.45, 2.75) is 12.8 Å². The first kappa shape index (κ1) is 23.2. The minimum absolute atomic E-state index is 0.0569. The van der Waals surface area contributed by atoms with Gasteiger partial charge >= 0.3 is 5.00 Å². The van der Waals surface area contributed by atoms with E-state index >= 15 is 0 Å². The number of hydrogen-bond donors (Lipinski definition) is 0. The normalized spacial score (nSPS) is 17.2. The number of nitro groups is 1. The van der Waals surface area contributed by atoms with Crippen molar-refractivity contribution in [1.82, 2.24) is 14.7 Å². The van der Waals surface area contributed by atoms with Crippen LogP contribution in [0.1, 0.15) is 32.9 Å². The topological polar surface area (TPSA) is 104 Å². The Bertz CT molecular complexity index is 1060. The van der Waals surface area contributed by atoms with E-state index in [1.807, 2.05) is 0 Å². The van der Waals surface area contributed by atoms with Gasteiger partial charge in [0, 0.05) is 61.8 Å². The third-order valence-electron chi connectivity index (χ3n) is 6.08. The first-order chi connectivity index (χ1) is 15.8. The standard InChI is InChI=1S/C22H23ClN4O5S/c23-17-3-1-15(2-4-17)20(28)24-9-7-16(8-10-24)21(29)25-11-13-26(14-12-25)22(30)18-5-6-19(33-18)27(31)32/h1-6,16H,7-14H2. The molecule has 2 aromatic rings. The molecule has 174 valence electrons. The van der Waals surface area contributed by atoms with Crippen LogP contribution in [0.25, 0.3) is 0 Å². The van der Waals surface area contributed by atoms with Crippen LogP contribution in [-0.4, -0.2) is 76.6 Å². The second kappa shape index (κ2) is 9.88. The fourth-order valence-corrected chi connectivity index (χ4v) is 5.10. The van der Waals surface area contributed by atoms with Crippen molar-refractivity contribution in [3.63, 3.8) is 0 Å². The lowest BCUT2D eigenvalue weighted by Crippen LogP contribution is -2.53. The predicted molar refractivity (Wildman–Crippen MR) is 124 cm³/mol. The Kier molecular flexibility index (Phi) is 6.94. The first-order valence-corrected chi connectivity index (χ1v) is 11.9. The largest absolute Gasteiger partial charge is 0.339 e. The first-order valence-electron chi connectivity index (χ1n) is 10.7. The third-order valence-corrected chi connectivity index (χ3v) is 7.36. The molecular weight excluding hydrogens is 468 g/mol. The summed E-state index contributed by atoms with van der Waals surface area (Å²) in [5, 5.41) is 11.4. The fraction of sp³-hybridized carbons (Fsp3) is 0.409. The number of piperidine rings is 1. The molecule has 4 rings (SSSR count). The molecule has 2 saturated heterocycles. The molecule has 0 N–H and O–H groups in total. The zero-order chi connectivity index (χ0) is 23.5. The van der Waals surface area contributed by atoms with Crippen molar-refractivity contribution >= 4 is 45.7 Å². The number of halogens is 1. The Morgan fingerprint density at radius 1 is 0.848 bits per heavy atom. The number of benzene rings is 1. The van der Waals surface area contributed by atoms with Gasteiger partial charge in [-0.25, -0.2) is 0 Å². The number of thiophene rings is 1. The van der Waals surface area contributed by atoms with Gasteiger partial charge in [0.25, 0.3) is 11.8 Å². The molecule has 3 amide bonds. The van der Waals surface area contributed by atoms with Crippen LogP contribution < -0.4 is 0 Å². The lowest BCUT2D eigenvalue weighted by Gasteiger charge is -2.38. The maximum atomic E-state index is 13.0. The summed E-state index contributed by atoms with van der Waals surface area (Å²) in [6, 6.07) is 9.60. The number of nitrogens with zero attached hydrogens (tertiary/aromatic N) is 4. The van der Waals surface area contributed by atoms with E-state index in [1.54, 1.807) is 39.0 Å². The van der Waals surface area contributed by atoms with E-state index in [0.29, 0.717) is 67.6 Å². The predicted octanol–water partition coefficient (Wildman–Crippen LogP) is 3.15. The average Bonchev–Trinajstić information content (AvgIpc) is 3.34. The number of amides is 3. The summed E-state index contributed by atoms with van der Waals surface area (Å²) in [4.78, 5) is 54.1. The molecule has 0 unspecified atom stereocenters. The summed E-state index contributed by atoms with van der Waals surface area (Å²) in [5.74, 6) is -0.373. The van der Waals surface area contributed by atoms with Crippen LogP contribution in [0.5, 0.6) is 0 Å². The number of carbonyl (C=O) groups excluding carboxylic acids is 3. The van der Waals surface area contributed by atoms with Gasteiger partial charge in [-0.2, -0.15) is 0 Å². The zero-order valence-corrected chi connectivity index (χ0v) is 19.4. The summed E-state index contributed by atoms with van der Waals surface area (Å²) in [7, 11) is 0. The SMILES string of the molecule is O=C(c1ccc(Cl)cc1)N1CCC(C(=O)N2CCN(C(=O)c3ccc([N+](=O)[O-])s3)CC2)CC1. The van der Waals surface area contributed by atoms with E-state index in [1.165, 1.54) is 12.1 Å². The van der Waals surface area contributed by atoms with Crippen molar-refractivity contribution in [3.8, 4) is 0 Å². The molecule has 0 radical (unpaired) electrons. The van der Waals surface area contributed by atoms with Gasteiger partial charge in [0.15, 0.2) is 0 Å². The van der Waals surface area contributed by atoms with Crippen molar-refractivity contribution in [2.75, 3.05) is 39.3 Å². The summed E-state index contributed by atoms with van der Waals surface area (Å²) in [6.45, 7) is 2.69. The maximum absolute atomic E-state index is 13.0. The van der Waals surface area contributed by atoms with Gasteiger partial charge in [0.2, 0.25) is 5.91 Å². The van der Waals surface area contributed by atoms with Crippen LogP contribution in [0.2, 0.25) is 5.02 Å². The van der Waals surface area contributed by atoms with Gasteiger partial charge in [-0.15, -0.1) is 0 Å². The molecule has 0 spiro atoms. The highest BCUT2D eigenvalue weighted by atomic mass is 35.5. The molecule has 33 heavy (non-hydrogen) atoms. The minimum atomic E-state index is -0.508. The maximum Gasteiger partial charge on any atom is 0.324 e. The van der Waals surface area contributed by atoms with E-state index in [9.17, 15) is 24.5 Å². The summed E-state index contributed by atoms with van der Waals surface area (Å²) in [5.41, 5.74) is 0.584. The monoisotopic (exact) mass is 490 g/mol. The van der Waals surface area contributed by atoms with Crippen molar-refractivity contribution < 1.29 is 19.3 Å². The van der Waals surface area contributed by atoms with Crippen LogP contribution >= 0.6 is 22.9 Å². The highest BCUT2D eigenvalue weighted by molar-refractivity contribution is 7.17. The van der Waals surface area contributed by atoms with Crippen LogP contribution in [0.15, 0.2) is 36.4 Å². The molecule has 2 aliphatic heterocycles. The average molecular weight is 491 g/mol. The van der Waals surface area contributed by atoms with E-state index in [4.69, 9.17) is 11.6 Å². The highest BCUT2D eigenvalue weighted by Crippen LogP contribution is 2.26. The van der Waals surface area contributed by atoms with E-state index in [-0.39, 0.29) is 28.6 Å². The van der Waals surface area contributed by atoms with Crippen molar-refractivity contribution in [3.05, 3.63) is 62.0 Å². The molecule has 2 fully saturated rings. The van der Waals surface area contributed by atoms with Crippen LogP contribution in [0.4, 0.5) is 5.00 Å². The van der Waals surface area contributed by atoms with Crippen molar-refractivity contribution in [1.29, 1.82) is 0 Å². The number of hydrogen-bond acceptors (Lipinski definition) is 6. The molecule has 11 heteroatoms. The quantitative estimate of drug-likeness (QED) is 0.483. The Hall–Kier alpha value is -2.98. The lowest BCUT2D eigenvalue weighted by atomic mass is 9.94. The summed E-state index contributed by atoms with van der Waals surface area (Å²) < 4.78 is 0.